The predicted octanol–water partition coefficient (Wildman–Crippen LogP) is 8.19. The quantitative estimate of drug-likeness (QED) is 0.153. The molecule has 290 valence electrons. The largest absolute Gasteiger partial charge is 0.573 e. The summed E-state index contributed by atoms with van der Waals surface area (Å²) in [6.07, 6.45) is -13.3. The van der Waals surface area contributed by atoms with E-state index in [1.807, 2.05) is 0 Å². The molecule has 0 bridgehead atoms. The van der Waals surface area contributed by atoms with E-state index in [1.165, 1.54) is 18.0 Å². The Bertz CT molecular complexity index is 1750. The second-order valence-electron chi connectivity index (χ2n) is 13.3. The van der Waals surface area contributed by atoms with Crippen LogP contribution in [0.15, 0.2) is 36.4 Å². The summed E-state index contributed by atoms with van der Waals surface area (Å²) in [5.41, 5.74) is -4.72. The van der Waals surface area contributed by atoms with Gasteiger partial charge in [-0.1, -0.05) is 12.0 Å². The van der Waals surface area contributed by atoms with Gasteiger partial charge in [0.15, 0.2) is 5.78 Å². The van der Waals surface area contributed by atoms with Crippen LogP contribution >= 0.6 is 0 Å². The number of ketones is 1. The molecule has 19 heteroatoms. The van der Waals surface area contributed by atoms with Gasteiger partial charge in [0.1, 0.15) is 5.75 Å². The van der Waals surface area contributed by atoms with Crippen molar-refractivity contribution in [1.82, 2.24) is 20.2 Å². The summed E-state index contributed by atoms with van der Waals surface area (Å²) < 4.78 is 132. The van der Waals surface area contributed by atoms with Crippen LogP contribution in [0.25, 0.3) is 0 Å². The number of rotatable bonds is 11. The van der Waals surface area contributed by atoms with Gasteiger partial charge in [0.05, 0.1) is 36.4 Å². The molecule has 1 N–H and O–H groups in total. The summed E-state index contributed by atoms with van der Waals surface area (Å²) >= 11 is 0. The SMILES string of the molecule is CCOC(=O)CC1CCC(C(=O)[C@@]2(CC)C[C@H](N(Cc3cc(C(F)(F)F)cc(C(F)(F)F)c3)c3nnn(C)n3)c3cc(OC(F)(F)F)ccc3N2)CC1. The lowest BCUT2D eigenvalue weighted by Gasteiger charge is -2.47. The molecule has 3 aromatic rings. The zero-order chi connectivity index (χ0) is 38.9. The minimum atomic E-state index is -5.16. The smallest absolute Gasteiger partial charge is 0.466 e. The number of carbonyl (C=O) groups is 2. The minimum Gasteiger partial charge on any atom is -0.466 e. The molecule has 0 unspecified atom stereocenters. The molecule has 0 radical (unpaired) electrons. The number of anilines is 2. The Morgan fingerprint density at radius 2 is 1.58 bits per heavy atom. The average molecular weight is 765 g/mol. The molecular formula is C34H37F9N6O4. The van der Waals surface area contributed by atoms with Gasteiger partial charge < -0.3 is 19.7 Å². The lowest BCUT2D eigenvalue weighted by Crippen LogP contribution is -2.54. The Kier molecular flexibility index (Phi) is 11.2. The topological polar surface area (TPSA) is 111 Å². The molecule has 53 heavy (non-hydrogen) atoms. The normalized spacial score (nSPS) is 22.1. The Labute approximate surface area is 298 Å². The first-order valence-electron chi connectivity index (χ1n) is 16.9. The molecule has 1 saturated carbocycles. The van der Waals surface area contributed by atoms with Gasteiger partial charge in [-0.25, -0.2) is 0 Å². The third-order valence-electron chi connectivity index (χ3n) is 9.72. The third-order valence-corrected chi connectivity index (χ3v) is 9.72. The van der Waals surface area contributed by atoms with Gasteiger partial charge in [0.2, 0.25) is 0 Å². The van der Waals surface area contributed by atoms with Gasteiger partial charge in [-0.2, -0.15) is 31.1 Å². The van der Waals surface area contributed by atoms with Gasteiger partial charge in [0.25, 0.3) is 5.95 Å². The zero-order valence-electron chi connectivity index (χ0n) is 28.8. The lowest BCUT2D eigenvalue weighted by molar-refractivity contribution is -0.274. The number of esters is 1. The van der Waals surface area contributed by atoms with E-state index in [1.54, 1.807) is 13.8 Å². The maximum absolute atomic E-state index is 14.5. The molecule has 2 atom stereocenters. The molecule has 0 spiro atoms. The van der Waals surface area contributed by atoms with Gasteiger partial charge in [-0.15, -0.1) is 18.3 Å². The van der Waals surface area contributed by atoms with Crippen LogP contribution in [0.5, 0.6) is 5.75 Å². The van der Waals surface area contributed by atoms with Crippen LogP contribution in [0.1, 0.15) is 87.1 Å². The fraction of sp³-hybridized carbons (Fsp3) is 0.559. The molecule has 1 aliphatic heterocycles. The number of ether oxygens (including phenoxy) is 2. The van der Waals surface area contributed by atoms with E-state index in [2.05, 4.69) is 25.5 Å². The number of hydrogen-bond acceptors (Lipinski definition) is 9. The maximum atomic E-state index is 14.5. The number of aromatic nitrogens is 4. The molecule has 1 aliphatic carbocycles. The van der Waals surface area contributed by atoms with E-state index >= 15 is 0 Å². The molecule has 0 saturated heterocycles. The van der Waals surface area contributed by atoms with Crippen molar-refractivity contribution in [2.24, 2.45) is 18.9 Å². The van der Waals surface area contributed by atoms with Crippen molar-refractivity contribution in [2.45, 2.75) is 95.6 Å². The monoisotopic (exact) mass is 764 g/mol. The van der Waals surface area contributed by atoms with Crippen molar-refractivity contribution in [1.29, 1.82) is 0 Å². The van der Waals surface area contributed by atoms with Gasteiger partial charge >= 0.3 is 24.7 Å². The number of alkyl halides is 9. The summed E-state index contributed by atoms with van der Waals surface area (Å²) in [5, 5.41) is 15.1. The van der Waals surface area contributed by atoms with Gasteiger partial charge in [0, 0.05) is 36.6 Å². The molecule has 1 fully saturated rings. The first-order chi connectivity index (χ1) is 24.7. The standard InChI is InChI=1S/C34H37F9N6O4/c1-4-31(29(51)21-8-6-19(7-9-21)14-28(50)52-5-2)17-27(25-16-24(53-34(41,42)43)10-11-26(25)44-31)49(30-45-47-48(3)46-30)18-20-12-22(32(35,36)37)15-23(13-20)33(38,39)40/h10-13,15-16,19,21,27,44H,4-9,14,17-18H2,1-3H3/t19?,21?,27-,31+/m0/s1. The van der Waals surface area contributed by atoms with E-state index in [0.29, 0.717) is 37.8 Å². The highest BCUT2D eigenvalue weighted by molar-refractivity contribution is 5.94. The molecule has 2 heterocycles. The van der Waals surface area contributed by atoms with Crippen molar-refractivity contribution in [3.63, 3.8) is 0 Å². The fourth-order valence-electron chi connectivity index (χ4n) is 7.22. The minimum absolute atomic E-state index is 0.00258. The summed E-state index contributed by atoms with van der Waals surface area (Å²) in [6.45, 7) is 2.96. The Morgan fingerprint density at radius 3 is 2.11 bits per heavy atom. The van der Waals surface area contributed by atoms with E-state index in [9.17, 15) is 49.1 Å². The van der Waals surface area contributed by atoms with Crippen LogP contribution in [-0.4, -0.2) is 50.5 Å². The van der Waals surface area contributed by atoms with Crippen LogP contribution in [0.3, 0.4) is 0 Å². The van der Waals surface area contributed by atoms with Gasteiger partial charge in [-0.3, -0.25) is 9.59 Å². The second-order valence-corrected chi connectivity index (χ2v) is 13.3. The van der Waals surface area contributed by atoms with Crippen molar-refractivity contribution < 1.29 is 58.6 Å². The van der Waals surface area contributed by atoms with E-state index in [0.717, 1.165) is 16.9 Å². The molecular weight excluding hydrogens is 727 g/mol. The molecule has 2 aliphatic rings. The van der Waals surface area contributed by atoms with Crippen LogP contribution in [0, 0.1) is 11.8 Å². The Balaban J connectivity index is 1.59. The fourth-order valence-corrected chi connectivity index (χ4v) is 7.22. The summed E-state index contributed by atoms with van der Waals surface area (Å²) in [7, 11) is 1.37. The van der Waals surface area contributed by atoms with Gasteiger partial charge in [-0.05, 0) is 92.1 Å². The third kappa shape index (κ3) is 9.33. The van der Waals surface area contributed by atoms with Crippen LogP contribution in [0.2, 0.25) is 0 Å². The number of nitrogens with one attached hydrogen (secondary N) is 1. The number of aryl methyl sites for hydroxylation is 1. The number of tetrazole rings is 1. The molecule has 0 amide bonds. The number of hydrogen-bond donors (Lipinski definition) is 1. The van der Waals surface area contributed by atoms with Crippen molar-refractivity contribution in [2.75, 3.05) is 16.8 Å². The first kappa shape index (κ1) is 39.6. The second kappa shape index (κ2) is 15.0. The Morgan fingerprint density at radius 1 is 0.943 bits per heavy atom. The number of halogens is 9. The highest BCUT2D eigenvalue weighted by Crippen LogP contribution is 2.48. The first-order valence-corrected chi connectivity index (χ1v) is 16.9. The van der Waals surface area contributed by atoms with Crippen LogP contribution < -0.4 is 15.0 Å². The van der Waals surface area contributed by atoms with E-state index in [-0.39, 0.29) is 66.8 Å². The summed E-state index contributed by atoms with van der Waals surface area (Å²) in [6, 6.07) is 3.21. The molecule has 5 rings (SSSR count). The number of Topliss-reactive ketones (excluding diaryl/α,β-unsaturated/α-hetero) is 1. The molecule has 10 nitrogen and oxygen atoms in total. The highest BCUT2D eigenvalue weighted by Gasteiger charge is 2.49. The van der Waals surface area contributed by atoms with E-state index in [4.69, 9.17) is 4.74 Å². The maximum Gasteiger partial charge on any atom is 0.573 e. The lowest BCUT2D eigenvalue weighted by atomic mass is 9.69. The zero-order valence-corrected chi connectivity index (χ0v) is 28.8. The Hall–Kier alpha value is -4.58. The van der Waals surface area contributed by atoms with Crippen LogP contribution in [-0.2, 0) is 40.3 Å². The number of fused-ring (bicyclic) bond motifs is 1. The van der Waals surface area contributed by atoms with Crippen molar-refractivity contribution >= 4 is 23.4 Å². The average Bonchev–Trinajstić information content (AvgIpc) is 3.51. The highest BCUT2D eigenvalue weighted by atomic mass is 19.4. The van der Waals surface area contributed by atoms with E-state index < -0.39 is 65.2 Å². The van der Waals surface area contributed by atoms with Crippen molar-refractivity contribution in [3.05, 3.63) is 58.7 Å². The number of nitrogens with zero attached hydrogens (tertiary/aromatic N) is 5. The number of benzene rings is 2. The molecule has 1 aromatic heterocycles. The molecule has 2 aromatic carbocycles. The van der Waals surface area contributed by atoms with Crippen molar-refractivity contribution in [3.8, 4) is 5.75 Å². The van der Waals surface area contributed by atoms with Crippen LogP contribution in [0.4, 0.5) is 51.1 Å². The summed E-state index contributed by atoms with van der Waals surface area (Å²) in [4.78, 5) is 28.8. The predicted molar refractivity (Wildman–Crippen MR) is 170 cm³/mol. The number of carbonyl (C=O) groups excluding carboxylic acids is 2. The summed E-state index contributed by atoms with van der Waals surface area (Å²) in [5.74, 6) is -1.97.